The first kappa shape index (κ1) is 20.5. The first-order chi connectivity index (χ1) is 13.5. The highest BCUT2D eigenvalue weighted by atomic mass is 16.5. The lowest BCUT2D eigenvalue weighted by Crippen LogP contribution is -2.52. The van der Waals surface area contributed by atoms with Crippen LogP contribution in [0.4, 0.5) is 10.5 Å². The van der Waals surface area contributed by atoms with Gasteiger partial charge in [-0.3, -0.25) is 15.0 Å². The average Bonchev–Trinajstić information content (AvgIpc) is 2.70. The zero-order chi connectivity index (χ0) is 19.9. The van der Waals surface area contributed by atoms with Gasteiger partial charge in [-0.2, -0.15) is 0 Å². The molecule has 7 nitrogen and oxygen atoms in total. The molecule has 1 saturated carbocycles. The number of hydrogen-bond donors (Lipinski definition) is 2. The van der Waals surface area contributed by atoms with Gasteiger partial charge in [0, 0.05) is 37.9 Å². The number of nitrogens with zero attached hydrogens (tertiary/aromatic N) is 2. The number of carbonyl (C=O) groups excluding carboxylic acids is 2. The van der Waals surface area contributed by atoms with E-state index in [1.165, 1.54) is 6.42 Å². The molecule has 2 unspecified atom stereocenters. The molecule has 0 bridgehead atoms. The van der Waals surface area contributed by atoms with Crippen LogP contribution < -0.4 is 20.3 Å². The third kappa shape index (κ3) is 5.61. The van der Waals surface area contributed by atoms with Gasteiger partial charge in [-0.15, -0.1) is 0 Å². The van der Waals surface area contributed by atoms with Gasteiger partial charge in [-0.05, 0) is 43.0 Å². The molecule has 0 radical (unpaired) electrons. The van der Waals surface area contributed by atoms with Gasteiger partial charge in [0.1, 0.15) is 5.75 Å². The largest absolute Gasteiger partial charge is 0.497 e. The minimum absolute atomic E-state index is 0.176. The minimum Gasteiger partial charge on any atom is -0.497 e. The van der Waals surface area contributed by atoms with Gasteiger partial charge in [-0.1, -0.05) is 19.8 Å². The maximum absolute atomic E-state index is 12.2. The Hall–Kier alpha value is -2.28. The lowest BCUT2D eigenvalue weighted by atomic mass is 9.86. The number of nitrogens with one attached hydrogen (secondary N) is 2. The summed E-state index contributed by atoms with van der Waals surface area (Å²) in [5, 5.41) is 5.46. The van der Waals surface area contributed by atoms with Crippen molar-refractivity contribution < 1.29 is 14.3 Å². The Kier molecular flexibility index (Phi) is 7.14. The summed E-state index contributed by atoms with van der Waals surface area (Å²) < 4.78 is 5.20. The molecule has 1 aromatic rings. The smallest absolute Gasteiger partial charge is 0.321 e. The minimum atomic E-state index is -0.361. The second-order valence-electron chi connectivity index (χ2n) is 7.85. The third-order valence-electron chi connectivity index (χ3n) is 5.86. The van der Waals surface area contributed by atoms with Crippen molar-refractivity contribution in [3.8, 4) is 5.75 Å². The number of ether oxygens (including phenoxy) is 1. The van der Waals surface area contributed by atoms with Crippen LogP contribution >= 0.6 is 0 Å². The topological polar surface area (TPSA) is 73.9 Å². The van der Waals surface area contributed by atoms with E-state index in [4.69, 9.17) is 4.74 Å². The molecule has 3 rings (SSSR count). The van der Waals surface area contributed by atoms with Crippen molar-refractivity contribution in [1.82, 2.24) is 15.5 Å². The van der Waals surface area contributed by atoms with Crippen LogP contribution in [-0.4, -0.2) is 62.7 Å². The van der Waals surface area contributed by atoms with Gasteiger partial charge in [0.2, 0.25) is 5.91 Å². The van der Waals surface area contributed by atoms with E-state index in [9.17, 15) is 9.59 Å². The van der Waals surface area contributed by atoms with E-state index in [0.29, 0.717) is 5.92 Å². The molecule has 154 valence electrons. The first-order valence-corrected chi connectivity index (χ1v) is 10.3. The summed E-state index contributed by atoms with van der Waals surface area (Å²) in [5.41, 5.74) is 1.16. The summed E-state index contributed by atoms with van der Waals surface area (Å²) in [4.78, 5) is 28.7. The second kappa shape index (κ2) is 9.78. The number of piperazine rings is 1. The molecular formula is C21H32N4O3. The highest BCUT2D eigenvalue weighted by molar-refractivity contribution is 5.95. The summed E-state index contributed by atoms with van der Waals surface area (Å²) >= 11 is 0. The SMILES string of the molecule is COc1ccc(N2CCN(CC(=O)NC(=O)NC3CCCCC3C)CC2)cc1. The van der Waals surface area contributed by atoms with Crippen LogP contribution in [0.25, 0.3) is 0 Å². The van der Waals surface area contributed by atoms with Gasteiger partial charge in [0.05, 0.1) is 13.7 Å². The second-order valence-corrected chi connectivity index (χ2v) is 7.85. The van der Waals surface area contributed by atoms with Crippen LogP contribution in [-0.2, 0) is 4.79 Å². The van der Waals surface area contributed by atoms with E-state index in [0.717, 1.165) is 56.9 Å². The molecule has 2 fully saturated rings. The number of imide groups is 1. The van der Waals surface area contributed by atoms with Gasteiger partial charge in [-0.25, -0.2) is 4.79 Å². The predicted octanol–water partition coefficient (Wildman–Crippen LogP) is 2.22. The van der Waals surface area contributed by atoms with E-state index in [1.807, 2.05) is 12.1 Å². The Bertz CT molecular complexity index is 656. The average molecular weight is 389 g/mol. The first-order valence-electron chi connectivity index (χ1n) is 10.3. The number of hydrogen-bond acceptors (Lipinski definition) is 5. The Morgan fingerprint density at radius 2 is 1.75 bits per heavy atom. The summed E-state index contributed by atoms with van der Waals surface area (Å²) in [7, 11) is 1.66. The number of benzene rings is 1. The highest BCUT2D eigenvalue weighted by Crippen LogP contribution is 2.23. The number of carbonyl (C=O) groups is 2. The molecule has 0 aromatic heterocycles. The van der Waals surface area contributed by atoms with Crippen LogP contribution in [0.5, 0.6) is 5.75 Å². The van der Waals surface area contributed by atoms with Crippen LogP contribution in [0, 0.1) is 5.92 Å². The van der Waals surface area contributed by atoms with Crippen LogP contribution in [0.2, 0.25) is 0 Å². The Labute approximate surface area is 167 Å². The van der Waals surface area contributed by atoms with Crippen LogP contribution in [0.1, 0.15) is 32.6 Å². The Morgan fingerprint density at radius 1 is 1.07 bits per heavy atom. The highest BCUT2D eigenvalue weighted by Gasteiger charge is 2.24. The summed E-state index contributed by atoms with van der Waals surface area (Å²) in [6.07, 6.45) is 4.50. The van der Waals surface area contributed by atoms with Crippen LogP contribution in [0.15, 0.2) is 24.3 Å². The van der Waals surface area contributed by atoms with Crippen molar-refractivity contribution in [3.63, 3.8) is 0 Å². The maximum Gasteiger partial charge on any atom is 0.321 e. The molecule has 2 atom stereocenters. The molecular weight excluding hydrogens is 356 g/mol. The molecule has 2 aliphatic rings. The van der Waals surface area contributed by atoms with E-state index < -0.39 is 0 Å². The van der Waals surface area contributed by atoms with Gasteiger partial charge < -0.3 is 15.0 Å². The van der Waals surface area contributed by atoms with Crippen molar-refractivity contribution in [1.29, 1.82) is 0 Å². The fraction of sp³-hybridized carbons (Fsp3) is 0.619. The number of amides is 3. The zero-order valence-corrected chi connectivity index (χ0v) is 16.9. The van der Waals surface area contributed by atoms with Crippen molar-refractivity contribution in [2.75, 3.05) is 44.7 Å². The number of anilines is 1. The molecule has 3 amide bonds. The molecule has 1 aromatic carbocycles. The van der Waals surface area contributed by atoms with Crippen molar-refractivity contribution in [2.24, 2.45) is 5.92 Å². The Morgan fingerprint density at radius 3 is 2.39 bits per heavy atom. The Balaban J connectivity index is 1.38. The summed E-state index contributed by atoms with van der Waals surface area (Å²) in [5.74, 6) is 1.08. The third-order valence-corrected chi connectivity index (χ3v) is 5.86. The summed E-state index contributed by atoms with van der Waals surface area (Å²) in [6, 6.07) is 7.84. The standard InChI is InChI=1S/C21H32N4O3/c1-16-5-3-4-6-19(16)22-21(27)23-20(26)15-24-11-13-25(14-12-24)17-7-9-18(28-2)10-8-17/h7-10,16,19H,3-6,11-15H2,1-2H3,(H2,22,23,26,27). The fourth-order valence-electron chi connectivity index (χ4n) is 4.06. The van der Waals surface area contributed by atoms with Gasteiger partial charge in [0.25, 0.3) is 0 Å². The predicted molar refractivity (Wildman–Crippen MR) is 110 cm³/mol. The molecule has 7 heteroatoms. The van der Waals surface area contributed by atoms with Crippen molar-refractivity contribution in [2.45, 2.75) is 38.6 Å². The van der Waals surface area contributed by atoms with E-state index in [-0.39, 0.29) is 24.5 Å². The quantitative estimate of drug-likeness (QED) is 0.809. The number of methoxy groups -OCH3 is 1. The normalized spacial score (nSPS) is 23.1. The molecule has 0 spiro atoms. The maximum atomic E-state index is 12.2. The molecule has 1 aliphatic heterocycles. The molecule has 1 saturated heterocycles. The lowest BCUT2D eigenvalue weighted by Gasteiger charge is -2.35. The molecule has 28 heavy (non-hydrogen) atoms. The zero-order valence-electron chi connectivity index (χ0n) is 16.9. The fourth-order valence-corrected chi connectivity index (χ4v) is 4.06. The van der Waals surface area contributed by atoms with E-state index in [1.54, 1.807) is 7.11 Å². The lowest BCUT2D eigenvalue weighted by molar-refractivity contribution is -0.121. The molecule has 1 aliphatic carbocycles. The summed E-state index contributed by atoms with van der Waals surface area (Å²) in [6.45, 7) is 5.70. The van der Waals surface area contributed by atoms with Crippen LogP contribution in [0.3, 0.4) is 0 Å². The number of rotatable bonds is 5. The molecule has 1 heterocycles. The number of urea groups is 1. The van der Waals surface area contributed by atoms with E-state index in [2.05, 4.69) is 39.5 Å². The van der Waals surface area contributed by atoms with Crippen molar-refractivity contribution in [3.05, 3.63) is 24.3 Å². The van der Waals surface area contributed by atoms with E-state index >= 15 is 0 Å². The van der Waals surface area contributed by atoms with Gasteiger partial charge in [0.15, 0.2) is 0 Å². The monoisotopic (exact) mass is 388 g/mol. The van der Waals surface area contributed by atoms with Crippen molar-refractivity contribution >= 4 is 17.6 Å². The van der Waals surface area contributed by atoms with Gasteiger partial charge >= 0.3 is 6.03 Å². The molecule has 2 N–H and O–H groups in total.